The number of aromatic nitrogens is 1. The molecule has 0 aromatic carbocycles. The maximum absolute atomic E-state index is 4.89. The molecule has 1 atom stereocenters. The van der Waals surface area contributed by atoms with Crippen molar-refractivity contribution in [3.63, 3.8) is 0 Å². The van der Waals surface area contributed by atoms with E-state index in [-0.39, 0.29) is 0 Å². The number of hydrogen-bond donors (Lipinski definition) is 1. The van der Waals surface area contributed by atoms with Crippen LogP contribution in [0, 0.1) is 0 Å². The van der Waals surface area contributed by atoms with Gasteiger partial charge in [0.1, 0.15) is 0 Å². The molecule has 1 aromatic heterocycles. The molecule has 3 nitrogen and oxygen atoms in total. The zero-order valence-electron chi connectivity index (χ0n) is 12.7. The van der Waals surface area contributed by atoms with E-state index in [0.717, 1.165) is 13.0 Å². The zero-order chi connectivity index (χ0) is 13.8. The van der Waals surface area contributed by atoms with E-state index in [1.165, 1.54) is 41.5 Å². The molecule has 0 radical (unpaired) electrons. The number of piperidine rings is 1. The van der Waals surface area contributed by atoms with Crippen LogP contribution in [0.3, 0.4) is 0 Å². The predicted octanol–water partition coefficient (Wildman–Crippen LogP) is 3.58. The Labute approximate surface area is 121 Å². The quantitative estimate of drug-likeness (QED) is 0.894. The van der Waals surface area contributed by atoms with E-state index in [1.807, 2.05) is 11.3 Å². The molecule has 2 rings (SSSR count). The highest BCUT2D eigenvalue weighted by molar-refractivity contribution is 7.15. The molecule has 108 valence electrons. The van der Waals surface area contributed by atoms with Crippen LogP contribution >= 0.6 is 11.3 Å². The van der Waals surface area contributed by atoms with Crippen molar-refractivity contribution in [2.24, 2.45) is 0 Å². The minimum atomic E-state index is 0.532. The topological polar surface area (TPSA) is 28.2 Å². The first kappa shape index (κ1) is 14.8. The minimum Gasteiger partial charge on any atom is -0.345 e. The van der Waals surface area contributed by atoms with E-state index in [4.69, 9.17) is 4.98 Å². The summed E-state index contributed by atoms with van der Waals surface area (Å²) in [4.78, 5) is 8.81. The van der Waals surface area contributed by atoms with Gasteiger partial charge in [0.2, 0.25) is 0 Å². The van der Waals surface area contributed by atoms with Gasteiger partial charge in [-0.05, 0) is 32.6 Å². The Morgan fingerprint density at radius 1 is 1.42 bits per heavy atom. The van der Waals surface area contributed by atoms with Crippen molar-refractivity contribution in [3.05, 3.63) is 10.6 Å². The van der Waals surface area contributed by atoms with Crippen molar-refractivity contribution in [2.75, 3.05) is 11.4 Å². The molecule has 1 unspecified atom stereocenters. The monoisotopic (exact) mass is 281 g/mol. The Balaban J connectivity index is 2.12. The van der Waals surface area contributed by atoms with Crippen molar-refractivity contribution >= 4 is 16.5 Å². The molecule has 0 amide bonds. The molecule has 0 saturated carbocycles. The van der Waals surface area contributed by atoms with Crippen molar-refractivity contribution < 1.29 is 0 Å². The molecule has 1 saturated heterocycles. The Hall–Kier alpha value is -0.610. The number of hydrogen-bond acceptors (Lipinski definition) is 4. The van der Waals surface area contributed by atoms with Crippen molar-refractivity contribution in [3.8, 4) is 0 Å². The van der Waals surface area contributed by atoms with Gasteiger partial charge in [-0.1, -0.05) is 20.8 Å². The summed E-state index contributed by atoms with van der Waals surface area (Å²) in [5, 5.41) is 4.76. The van der Waals surface area contributed by atoms with E-state index in [9.17, 15) is 0 Å². The summed E-state index contributed by atoms with van der Waals surface area (Å²) in [7, 11) is 0. The first-order valence-electron chi connectivity index (χ1n) is 7.60. The third-order valence-electron chi connectivity index (χ3n) is 3.82. The standard InChI is InChI=1S/C15H27N3S/c1-5-13-14(10-16-11(2)3)19-15(17-13)18-9-7-6-8-12(18)4/h11-12,16H,5-10H2,1-4H3. The lowest BCUT2D eigenvalue weighted by atomic mass is 10.1. The lowest BCUT2D eigenvalue weighted by molar-refractivity contribution is 0.484. The molecule has 1 aliphatic rings. The normalized spacial score (nSPS) is 20.3. The number of nitrogens with zero attached hydrogens (tertiary/aromatic N) is 2. The highest BCUT2D eigenvalue weighted by atomic mass is 32.1. The molecule has 4 heteroatoms. The lowest BCUT2D eigenvalue weighted by Gasteiger charge is -2.33. The summed E-state index contributed by atoms with van der Waals surface area (Å²) < 4.78 is 0. The number of rotatable bonds is 5. The van der Waals surface area contributed by atoms with Crippen LogP contribution in [0.2, 0.25) is 0 Å². The van der Waals surface area contributed by atoms with Gasteiger partial charge in [-0.3, -0.25) is 0 Å². The Morgan fingerprint density at radius 3 is 2.84 bits per heavy atom. The van der Waals surface area contributed by atoms with Crippen LogP contribution in [-0.4, -0.2) is 23.6 Å². The molecule has 2 heterocycles. The molecule has 1 aromatic rings. The van der Waals surface area contributed by atoms with E-state index in [1.54, 1.807) is 0 Å². The second-order valence-electron chi connectivity index (χ2n) is 5.79. The lowest BCUT2D eigenvalue weighted by Crippen LogP contribution is -2.37. The minimum absolute atomic E-state index is 0.532. The summed E-state index contributed by atoms with van der Waals surface area (Å²) in [6, 6.07) is 1.18. The predicted molar refractivity (Wildman–Crippen MR) is 84.1 cm³/mol. The number of thiazole rings is 1. The molecule has 0 aliphatic carbocycles. The largest absolute Gasteiger partial charge is 0.345 e. The van der Waals surface area contributed by atoms with Gasteiger partial charge in [0.05, 0.1) is 5.69 Å². The summed E-state index contributed by atoms with van der Waals surface area (Å²) in [5.74, 6) is 0. The maximum Gasteiger partial charge on any atom is 0.186 e. The van der Waals surface area contributed by atoms with Crippen LogP contribution < -0.4 is 10.2 Å². The van der Waals surface area contributed by atoms with E-state index in [2.05, 4.69) is 37.9 Å². The van der Waals surface area contributed by atoms with Crippen LogP contribution in [0.5, 0.6) is 0 Å². The molecule has 1 N–H and O–H groups in total. The van der Waals surface area contributed by atoms with Gasteiger partial charge in [0.25, 0.3) is 0 Å². The molecule has 0 bridgehead atoms. The first-order valence-corrected chi connectivity index (χ1v) is 8.42. The first-order chi connectivity index (χ1) is 9.11. The number of anilines is 1. The number of nitrogens with one attached hydrogen (secondary N) is 1. The molecule has 1 aliphatic heterocycles. The van der Waals surface area contributed by atoms with E-state index in [0.29, 0.717) is 12.1 Å². The Bertz CT molecular complexity index is 400. The molecule has 19 heavy (non-hydrogen) atoms. The third-order valence-corrected chi connectivity index (χ3v) is 4.96. The molecule has 0 spiro atoms. The van der Waals surface area contributed by atoms with Gasteiger partial charge in [-0.25, -0.2) is 4.98 Å². The molecular weight excluding hydrogens is 254 g/mol. The van der Waals surface area contributed by atoms with Gasteiger partial charge >= 0.3 is 0 Å². The second kappa shape index (κ2) is 6.71. The van der Waals surface area contributed by atoms with Crippen molar-refractivity contribution in [1.29, 1.82) is 0 Å². The summed E-state index contributed by atoms with van der Waals surface area (Å²) in [6.45, 7) is 11.1. The van der Waals surface area contributed by atoms with Crippen LogP contribution in [0.4, 0.5) is 5.13 Å². The molecular formula is C15H27N3S. The zero-order valence-corrected chi connectivity index (χ0v) is 13.5. The Morgan fingerprint density at radius 2 is 2.21 bits per heavy atom. The van der Waals surface area contributed by atoms with E-state index >= 15 is 0 Å². The van der Waals surface area contributed by atoms with E-state index < -0.39 is 0 Å². The van der Waals surface area contributed by atoms with Gasteiger partial charge in [0, 0.05) is 30.1 Å². The average Bonchev–Trinajstić information content (AvgIpc) is 2.80. The average molecular weight is 281 g/mol. The summed E-state index contributed by atoms with van der Waals surface area (Å²) in [6.07, 6.45) is 5.02. The van der Waals surface area contributed by atoms with Gasteiger partial charge in [0.15, 0.2) is 5.13 Å². The fraction of sp³-hybridized carbons (Fsp3) is 0.800. The summed E-state index contributed by atoms with van der Waals surface area (Å²) >= 11 is 1.89. The SMILES string of the molecule is CCc1nc(N2CCCCC2C)sc1CNC(C)C. The van der Waals surface area contributed by atoms with Crippen LogP contribution in [0.25, 0.3) is 0 Å². The summed E-state index contributed by atoms with van der Waals surface area (Å²) in [5.41, 5.74) is 1.28. The second-order valence-corrected chi connectivity index (χ2v) is 6.86. The Kier molecular flexibility index (Phi) is 5.22. The fourth-order valence-corrected chi connectivity index (χ4v) is 3.81. The fourth-order valence-electron chi connectivity index (χ4n) is 2.59. The van der Waals surface area contributed by atoms with Gasteiger partial charge in [-0.2, -0.15) is 0 Å². The maximum atomic E-state index is 4.89. The van der Waals surface area contributed by atoms with Crippen LogP contribution in [0.1, 0.15) is 57.5 Å². The van der Waals surface area contributed by atoms with Crippen molar-refractivity contribution in [2.45, 2.75) is 72.0 Å². The van der Waals surface area contributed by atoms with Gasteiger partial charge in [-0.15, -0.1) is 11.3 Å². The third kappa shape index (κ3) is 3.69. The molecule has 1 fully saturated rings. The van der Waals surface area contributed by atoms with Crippen LogP contribution in [-0.2, 0) is 13.0 Å². The number of aryl methyl sites for hydroxylation is 1. The van der Waals surface area contributed by atoms with Crippen molar-refractivity contribution in [1.82, 2.24) is 10.3 Å². The highest BCUT2D eigenvalue weighted by Gasteiger charge is 2.22. The highest BCUT2D eigenvalue weighted by Crippen LogP contribution is 2.31. The van der Waals surface area contributed by atoms with Gasteiger partial charge < -0.3 is 10.2 Å². The van der Waals surface area contributed by atoms with Crippen LogP contribution in [0.15, 0.2) is 0 Å². The smallest absolute Gasteiger partial charge is 0.186 e.